The highest BCUT2D eigenvalue weighted by Crippen LogP contribution is 2.18. The maximum absolute atomic E-state index is 12.8. The van der Waals surface area contributed by atoms with Crippen LogP contribution in [-0.2, 0) is 14.8 Å². The first-order valence-corrected chi connectivity index (χ1v) is 10.8. The molecule has 2 aromatic rings. The van der Waals surface area contributed by atoms with E-state index in [1.165, 1.54) is 15.6 Å². The van der Waals surface area contributed by atoms with Gasteiger partial charge in [0.25, 0.3) is 0 Å². The monoisotopic (exact) mass is 394 g/mol. The average Bonchev–Trinajstić information content (AvgIpc) is 2.99. The molecule has 0 spiro atoms. The molecule has 0 saturated carbocycles. The fourth-order valence-electron chi connectivity index (χ4n) is 2.85. The van der Waals surface area contributed by atoms with Crippen molar-refractivity contribution in [2.45, 2.75) is 18.2 Å². The molecule has 9 heteroatoms. The molecule has 1 amide bonds. The number of benzene rings is 1. The molecule has 7 nitrogen and oxygen atoms in total. The predicted molar refractivity (Wildman–Crippen MR) is 102 cm³/mol. The summed E-state index contributed by atoms with van der Waals surface area (Å²) >= 11 is 1.37. The molecule has 0 unspecified atom stereocenters. The number of nitrogens with one attached hydrogen (secondary N) is 1. The van der Waals surface area contributed by atoms with Gasteiger partial charge in [-0.2, -0.15) is 4.31 Å². The summed E-state index contributed by atoms with van der Waals surface area (Å²) in [4.78, 5) is 18.4. The molecule has 2 heterocycles. The Morgan fingerprint density at radius 2 is 1.96 bits per heavy atom. The number of amides is 1. The SMILES string of the molecule is Cc1ccc(S(=O)(=O)N2CCCN(CC(=O)Nc3nccs3)CC2)cc1. The minimum absolute atomic E-state index is 0.130. The molecular weight excluding hydrogens is 372 g/mol. The Morgan fingerprint density at radius 3 is 2.65 bits per heavy atom. The molecule has 3 rings (SSSR count). The summed E-state index contributed by atoms with van der Waals surface area (Å²) in [6.07, 6.45) is 2.33. The quantitative estimate of drug-likeness (QED) is 0.836. The van der Waals surface area contributed by atoms with Crippen LogP contribution in [0.25, 0.3) is 0 Å². The van der Waals surface area contributed by atoms with Crippen molar-refractivity contribution in [2.75, 3.05) is 38.0 Å². The van der Waals surface area contributed by atoms with Crippen LogP contribution in [0.15, 0.2) is 40.7 Å². The van der Waals surface area contributed by atoms with E-state index in [0.717, 1.165) is 5.56 Å². The first-order valence-electron chi connectivity index (χ1n) is 8.44. The maximum atomic E-state index is 12.8. The lowest BCUT2D eigenvalue weighted by Gasteiger charge is -2.21. The van der Waals surface area contributed by atoms with E-state index in [1.54, 1.807) is 35.8 Å². The van der Waals surface area contributed by atoms with Gasteiger partial charge in [0.05, 0.1) is 11.4 Å². The van der Waals surface area contributed by atoms with Crippen LogP contribution in [0, 0.1) is 6.92 Å². The average molecular weight is 395 g/mol. The number of hydrogen-bond donors (Lipinski definition) is 1. The van der Waals surface area contributed by atoms with E-state index in [0.29, 0.717) is 42.6 Å². The molecule has 1 aromatic heterocycles. The molecule has 1 aliphatic heterocycles. The number of aromatic nitrogens is 1. The number of aryl methyl sites for hydroxylation is 1. The summed E-state index contributed by atoms with van der Waals surface area (Å²) < 4.78 is 27.1. The van der Waals surface area contributed by atoms with Crippen molar-refractivity contribution in [3.05, 3.63) is 41.4 Å². The summed E-state index contributed by atoms with van der Waals surface area (Å²) in [7, 11) is -3.50. The number of thiazole rings is 1. The van der Waals surface area contributed by atoms with Crippen LogP contribution < -0.4 is 5.32 Å². The zero-order chi connectivity index (χ0) is 18.6. The number of carbonyl (C=O) groups is 1. The van der Waals surface area contributed by atoms with E-state index >= 15 is 0 Å². The Kier molecular flexibility index (Phi) is 6.02. The lowest BCUT2D eigenvalue weighted by molar-refractivity contribution is -0.117. The van der Waals surface area contributed by atoms with Gasteiger partial charge in [-0.15, -0.1) is 11.3 Å². The molecule has 0 atom stereocenters. The first kappa shape index (κ1) is 19.0. The van der Waals surface area contributed by atoms with Gasteiger partial charge in [-0.1, -0.05) is 17.7 Å². The van der Waals surface area contributed by atoms with Crippen molar-refractivity contribution in [3.8, 4) is 0 Å². The van der Waals surface area contributed by atoms with Crippen molar-refractivity contribution < 1.29 is 13.2 Å². The second-order valence-corrected chi connectivity index (χ2v) is 9.06. The summed E-state index contributed by atoms with van der Waals surface area (Å²) in [5.74, 6) is -0.130. The molecule has 1 fully saturated rings. The normalized spacial score (nSPS) is 17.0. The van der Waals surface area contributed by atoms with Crippen molar-refractivity contribution >= 4 is 32.4 Å². The van der Waals surface area contributed by atoms with Crippen LogP contribution >= 0.6 is 11.3 Å². The molecule has 0 radical (unpaired) electrons. The van der Waals surface area contributed by atoms with Crippen molar-refractivity contribution in [1.29, 1.82) is 0 Å². The van der Waals surface area contributed by atoms with Gasteiger partial charge in [0.1, 0.15) is 0 Å². The van der Waals surface area contributed by atoms with E-state index in [9.17, 15) is 13.2 Å². The van der Waals surface area contributed by atoms with E-state index in [2.05, 4.69) is 10.3 Å². The molecule has 1 N–H and O–H groups in total. The zero-order valence-electron chi connectivity index (χ0n) is 14.6. The molecule has 1 aliphatic rings. The molecule has 0 aliphatic carbocycles. The number of rotatable bonds is 5. The van der Waals surface area contributed by atoms with E-state index < -0.39 is 10.0 Å². The van der Waals surface area contributed by atoms with Gasteiger partial charge >= 0.3 is 0 Å². The zero-order valence-corrected chi connectivity index (χ0v) is 16.2. The highest BCUT2D eigenvalue weighted by molar-refractivity contribution is 7.89. The smallest absolute Gasteiger partial charge is 0.243 e. The standard InChI is InChI=1S/C17H22N4O3S2/c1-14-3-5-15(6-4-14)26(23,24)21-9-2-8-20(10-11-21)13-16(22)19-17-18-7-12-25-17/h3-7,12H,2,8-11,13H2,1H3,(H,18,19,22). The van der Waals surface area contributed by atoms with Gasteiger partial charge in [0.2, 0.25) is 15.9 Å². The summed E-state index contributed by atoms with van der Waals surface area (Å²) in [6, 6.07) is 6.91. The Morgan fingerprint density at radius 1 is 1.19 bits per heavy atom. The van der Waals surface area contributed by atoms with Gasteiger partial charge in [-0.3, -0.25) is 9.69 Å². The van der Waals surface area contributed by atoms with Gasteiger partial charge in [0, 0.05) is 31.2 Å². The fraction of sp³-hybridized carbons (Fsp3) is 0.412. The van der Waals surface area contributed by atoms with Crippen LogP contribution in [0.4, 0.5) is 5.13 Å². The third-order valence-electron chi connectivity index (χ3n) is 4.25. The summed E-state index contributed by atoms with van der Waals surface area (Å²) in [6.45, 7) is 4.21. The van der Waals surface area contributed by atoms with Crippen molar-refractivity contribution in [1.82, 2.24) is 14.2 Å². The second kappa shape index (κ2) is 8.26. The third-order valence-corrected chi connectivity index (χ3v) is 6.85. The molecule has 1 aromatic carbocycles. The third kappa shape index (κ3) is 4.67. The minimum Gasteiger partial charge on any atom is -0.301 e. The number of carbonyl (C=O) groups excluding carboxylic acids is 1. The van der Waals surface area contributed by atoms with Gasteiger partial charge in [0.15, 0.2) is 5.13 Å². The Bertz CT molecular complexity index is 835. The van der Waals surface area contributed by atoms with Crippen molar-refractivity contribution in [2.24, 2.45) is 0 Å². The van der Waals surface area contributed by atoms with Crippen LogP contribution in [0.1, 0.15) is 12.0 Å². The Labute approximate surface area is 157 Å². The summed E-state index contributed by atoms with van der Waals surface area (Å²) in [5, 5.41) is 5.14. The molecule has 26 heavy (non-hydrogen) atoms. The van der Waals surface area contributed by atoms with Crippen LogP contribution in [0.3, 0.4) is 0 Å². The molecule has 0 bridgehead atoms. The van der Waals surface area contributed by atoms with Gasteiger partial charge < -0.3 is 5.32 Å². The van der Waals surface area contributed by atoms with Crippen molar-refractivity contribution in [3.63, 3.8) is 0 Å². The Hall–Kier alpha value is -1.81. The molecule has 140 valence electrons. The van der Waals surface area contributed by atoms with Crippen LogP contribution in [-0.4, -0.2) is 61.2 Å². The molecule has 1 saturated heterocycles. The molecular formula is C17H22N4O3S2. The number of anilines is 1. The Balaban J connectivity index is 1.59. The lowest BCUT2D eigenvalue weighted by Crippen LogP contribution is -2.38. The van der Waals surface area contributed by atoms with Gasteiger partial charge in [-0.05, 0) is 32.0 Å². The van der Waals surface area contributed by atoms with E-state index in [-0.39, 0.29) is 12.5 Å². The largest absolute Gasteiger partial charge is 0.301 e. The van der Waals surface area contributed by atoms with Gasteiger partial charge in [-0.25, -0.2) is 13.4 Å². The lowest BCUT2D eigenvalue weighted by atomic mass is 10.2. The number of sulfonamides is 1. The summed E-state index contributed by atoms with van der Waals surface area (Å²) in [5.41, 5.74) is 1.03. The van der Waals surface area contributed by atoms with E-state index in [1.807, 2.05) is 11.8 Å². The minimum atomic E-state index is -3.50. The highest BCUT2D eigenvalue weighted by Gasteiger charge is 2.27. The topological polar surface area (TPSA) is 82.6 Å². The van der Waals surface area contributed by atoms with E-state index in [4.69, 9.17) is 0 Å². The first-order chi connectivity index (χ1) is 12.4. The highest BCUT2D eigenvalue weighted by atomic mass is 32.2. The second-order valence-electron chi connectivity index (χ2n) is 6.23. The maximum Gasteiger partial charge on any atom is 0.243 e. The van der Waals surface area contributed by atoms with Crippen LogP contribution in [0.2, 0.25) is 0 Å². The predicted octanol–water partition coefficient (Wildman–Crippen LogP) is 1.79. The fourth-order valence-corrected chi connectivity index (χ4v) is 4.87. The van der Waals surface area contributed by atoms with Crippen LogP contribution in [0.5, 0.6) is 0 Å². The number of hydrogen-bond acceptors (Lipinski definition) is 6. The number of nitrogens with zero attached hydrogens (tertiary/aromatic N) is 3.